The fraction of sp³-hybridized carbons (Fsp3) is 0.320. The van der Waals surface area contributed by atoms with Crippen molar-refractivity contribution in [3.8, 4) is 22.8 Å². The summed E-state index contributed by atoms with van der Waals surface area (Å²) in [7, 11) is 3.29. The van der Waals surface area contributed by atoms with Crippen molar-refractivity contribution in [1.29, 1.82) is 0 Å². The Hall–Kier alpha value is -3.61. The molecule has 3 aromatic rings. The van der Waals surface area contributed by atoms with E-state index in [0.29, 0.717) is 13.1 Å². The second-order valence-corrected chi connectivity index (χ2v) is 7.80. The molecule has 0 radical (unpaired) electrons. The maximum Gasteiger partial charge on any atom is 0.225 e. The number of ether oxygens (including phenoxy) is 2. The van der Waals surface area contributed by atoms with E-state index in [9.17, 15) is 4.79 Å². The van der Waals surface area contributed by atoms with Gasteiger partial charge in [0.1, 0.15) is 23.6 Å². The molecule has 7 nitrogen and oxygen atoms in total. The summed E-state index contributed by atoms with van der Waals surface area (Å²) in [6, 6.07) is 17.5. The molecule has 1 atom stereocenters. The zero-order chi connectivity index (χ0) is 22.3. The summed E-state index contributed by atoms with van der Waals surface area (Å²) in [5, 5.41) is 3.07. The van der Waals surface area contributed by atoms with Crippen molar-refractivity contribution < 1.29 is 14.3 Å². The summed E-state index contributed by atoms with van der Waals surface area (Å²) in [5.41, 5.74) is 2.81. The second-order valence-electron chi connectivity index (χ2n) is 7.80. The van der Waals surface area contributed by atoms with Crippen molar-refractivity contribution in [1.82, 2.24) is 15.3 Å². The number of nitrogens with one attached hydrogen (secondary N) is 1. The average molecular weight is 433 g/mol. The highest BCUT2D eigenvalue weighted by molar-refractivity contribution is 5.79. The number of hydrogen-bond acceptors (Lipinski definition) is 6. The number of para-hydroxylation sites is 1. The molecule has 4 rings (SSSR count). The van der Waals surface area contributed by atoms with Gasteiger partial charge in [-0.05, 0) is 43.2 Å². The van der Waals surface area contributed by atoms with Crippen LogP contribution in [0.15, 0.2) is 60.9 Å². The van der Waals surface area contributed by atoms with E-state index in [0.717, 1.165) is 53.5 Å². The van der Waals surface area contributed by atoms with E-state index in [-0.39, 0.29) is 11.8 Å². The Kier molecular flexibility index (Phi) is 6.84. The van der Waals surface area contributed by atoms with Gasteiger partial charge in [0.05, 0.1) is 25.8 Å². The molecule has 1 N–H and O–H groups in total. The quantitative estimate of drug-likeness (QED) is 0.614. The number of hydrogen-bond donors (Lipinski definition) is 1. The molecule has 1 amide bonds. The molecule has 32 heavy (non-hydrogen) atoms. The molecule has 0 saturated carbocycles. The van der Waals surface area contributed by atoms with Crippen LogP contribution in [-0.4, -0.2) is 43.2 Å². The van der Waals surface area contributed by atoms with Crippen molar-refractivity contribution in [2.75, 3.05) is 32.2 Å². The molecule has 1 saturated heterocycles. The number of amides is 1. The summed E-state index contributed by atoms with van der Waals surface area (Å²) in [4.78, 5) is 23.9. The Bertz CT molecular complexity index is 1060. The molecule has 0 aliphatic carbocycles. The summed E-state index contributed by atoms with van der Waals surface area (Å²) >= 11 is 0. The first kappa shape index (κ1) is 21.6. The second kappa shape index (κ2) is 10.1. The van der Waals surface area contributed by atoms with Crippen LogP contribution in [0.1, 0.15) is 18.4 Å². The first-order valence-corrected chi connectivity index (χ1v) is 10.8. The van der Waals surface area contributed by atoms with Crippen molar-refractivity contribution in [3.05, 3.63) is 66.5 Å². The van der Waals surface area contributed by atoms with Gasteiger partial charge in [-0.3, -0.25) is 4.79 Å². The lowest BCUT2D eigenvalue weighted by Gasteiger charge is -2.33. The SMILES string of the molecule is COc1ccc(-c2cc(N3CCCC(C(=O)NCc4ccccc4OC)C3)ncn2)cc1. The van der Waals surface area contributed by atoms with Crippen LogP contribution in [0.2, 0.25) is 0 Å². The molecular formula is C25H28N4O3. The van der Waals surface area contributed by atoms with Crippen LogP contribution in [0.4, 0.5) is 5.82 Å². The number of rotatable bonds is 7. The van der Waals surface area contributed by atoms with Gasteiger partial charge in [0.2, 0.25) is 5.91 Å². The molecule has 1 fully saturated rings. The van der Waals surface area contributed by atoms with Crippen LogP contribution in [0, 0.1) is 5.92 Å². The largest absolute Gasteiger partial charge is 0.497 e. The Morgan fingerprint density at radius 2 is 1.91 bits per heavy atom. The van der Waals surface area contributed by atoms with Gasteiger partial charge in [-0.25, -0.2) is 9.97 Å². The van der Waals surface area contributed by atoms with E-state index in [1.807, 2.05) is 54.6 Å². The smallest absolute Gasteiger partial charge is 0.225 e. The average Bonchev–Trinajstić information content (AvgIpc) is 2.87. The van der Waals surface area contributed by atoms with E-state index in [1.165, 1.54) is 0 Å². The molecule has 0 bridgehead atoms. The lowest BCUT2D eigenvalue weighted by molar-refractivity contribution is -0.125. The van der Waals surface area contributed by atoms with Crippen LogP contribution in [-0.2, 0) is 11.3 Å². The maximum atomic E-state index is 12.9. The maximum absolute atomic E-state index is 12.9. The number of methoxy groups -OCH3 is 2. The minimum Gasteiger partial charge on any atom is -0.497 e. The third-order valence-electron chi connectivity index (χ3n) is 5.80. The van der Waals surface area contributed by atoms with Gasteiger partial charge in [0, 0.05) is 36.8 Å². The predicted molar refractivity (Wildman–Crippen MR) is 124 cm³/mol. The lowest BCUT2D eigenvalue weighted by atomic mass is 9.97. The van der Waals surface area contributed by atoms with Gasteiger partial charge in [0.25, 0.3) is 0 Å². The minimum atomic E-state index is -0.0853. The number of nitrogens with zero attached hydrogens (tertiary/aromatic N) is 3. The highest BCUT2D eigenvalue weighted by Crippen LogP contribution is 2.26. The van der Waals surface area contributed by atoms with Crippen LogP contribution in [0.25, 0.3) is 11.3 Å². The first-order chi connectivity index (χ1) is 15.7. The zero-order valence-corrected chi connectivity index (χ0v) is 18.5. The van der Waals surface area contributed by atoms with Crippen LogP contribution in [0.5, 0.6) is 11.5 Å². The number of piperidine rings is 1. The van der Waals surface area contributed by atoms with Crippen molar-refractivity contribution in [3.63, 3.8) is 0 Å². The van der Waals surface area contributed by atoms with E-state index in [1.54, 1.807) is 20.5 Å². The highest BCUT2D eigenvalue weighted by atomic mass is 16.5. The molecule has 1 aliphatic rings. The van der Waals surface area contributed by atoms with Gasteiger partial charge in [0.15, 0.2) is 0 Å². The molecule has 1 unspecified atom stereocenters. The third kappa shape index (κ3) is 4.99. The minimum absolute atomic E-state index is 0.0602. The third-order valence-corrected chi connectivity index (χ3v) is 5.80. The van der Waals surface area contributed by atoms with Crippen LogP contribution in [0.3, 0.4) is 0 Å². The lowest BCUT2D eigenvalue weighted by Crippen LogP contribution is -2.43. The Morgan fingerprint density at radius 3 is 2.69 bits per heavy atom. The van der Waals surface area contributed by atoms with Crippen LogP contribution < -0.4 is 19.7 Å². The number of carbonyl (C=O) groups excluding carboxylic acids is 1. The van der Waals surface area contributed by atoms with Gasteiger partial charge >= 0.3 is 0 Å². The normalized spacial score (nSPS) is 15.8. The van der Waals surface area contributed by atoms with Crippen molar-refractivity contribution in [2.45, 2.75) is 19.4 Å². The topological polar surface area (TPSA) is 76.6 Å². The molecule has 1 aromatic heterocycles. The monoisotopic (exact) mass is 432 g/mol. The van der Waals surface area contributed by atoms with E-state index < -0.39 is 0 Å². The zero-order valence-electron chi connectivity index (χ0n) is 18.5. The molecule has 166 valence electrons. The van der Waals surface area contributed by atoms with Crippen molar-refractivity contribution in [2.24, 2.45) is 5.92 Å². The fourth-order valence-corrected chi connectivity index (χ4v) is 4.01. The highest BCUT2D eigenvalue weighted by Gasteiger charge is 2.26. The fourth-order valence-electron chi connectivity index (χ4n) is 4.01. The number of aromatic nitrogens is 2. The predicted octanol–water partition coefficient (Wildman–Crippen LogP) is 3.69. The molecule has 7 heteroatoms. The molecule has 2 heterocycles. The number of carbonyl (C=O) groups is 1. The Morgan fingerprint density at radius 1 is 1.09 bits per heavy atom. The standard InChI is InChI=1S/C25H28N4O3/c1-31-21-11-9-18(10-12-21)22-14-24(28-17-27-22)29-13-5-7-20(16-29)25(30)26-15-19-6-3-4-8-23(19)32-2/h3-4,6,8-12,14,17,20H,5,7,13,15-16H2,1-2H3,(H,26,30). The number of anilines is 1. The van der Waals surface area contributed by atoms with E-state index in [2.05, 4.69) is 20.2 Å². The summed E-state index contributed by atoms with van der Waals surface area (Å²) < 4.78 is 10.6. The Balaban J connectivity index is 1.41. The van der Waals surface area contributed by atoms with Gasteiger partial charge in [-0.1, -0.05) is 18.2 Å². The van der Waals surface area contributed by atoms with Crippen molar-refractivity contribution >= 4 is 11.7 Å². The van der Waals surface area contributed by atoms with E-state index >= 15 is 0 Å². The van der Waals surface area contributed by atoms with Crippen LogP contribution >= 0.6 is 0 Å². The van der Waals surface area contributed by atoms with Gasteiger partial charge < -0.3 is 19.7 Å². The van der Waals surface area contributed by atoms with Gasteiger partial charge in [-0.2, -0.15) is 0 Å². The summed E-state index contributed by atoms with van der Waals surface area (Å²) in [6.45, 7) is 1.96. The molecule has 2 aromatic carbocycles. The number of benzene rings is 2. The molecular weight excluding hydrogens is 404 g/mol. The Labute approximate surface area is 188 Å². The first-order valence-electron chi connectivity index (χ1n) is 10.8. The summed E-state index contributed by atoms with van der Waals surface area (Å²) in [6.07, 6.45) is 3.39. The molecule has 1 aliphatic heterocycles. The molecule has 0 spiro atoms. The van der Waals surface area contributed by atoms with Gasteiger partial charge in [-0.15, -0.1) is 0 Å². The van der Waals surface area contributed by atoms with E-state index in [4.69, 9.17) is 9.47 Å². The summed E-state index contributed by atoms with van der Waals surface area (Å²) in [5.74, 6) is 2.40.